The zero-order chi connectivity index (χ0) is 16.1. The highest BCUT2D eigenvalue weighted by atomic mass is 32.1. The van der Waals surface area contributed by atoms with Gasteiger partial charge in [-0.25, -0.2) is 9.20 Å². The molecule has 0 aliphatic rings. The van der Waals surface area contributed by atoms with Gasteiger partial charge in [-0.1, -0.05) is 18.2 Å². The summed E-state index contributed by atoms with van der Waals surface area (Å²) in [6.45, 7) is 1.87. The lowest BCUT2D eigenvalue weighted by atomic mass is 10.1. The maximum Gasteiger partial charge on any atom is 0.214 e. The highest BCUT2D eigenvalue weighted by Gasteiger charge is 2.21. The van der Waals surface area contributed by atoms with E-state index in [2.05, 4.69) is 21.3 Å². The number of aromatic nitrogens is 5. The maximum atomic E-state index is 9.62. The molecule has 0 aliphatic carbocycles. The molecule has 0 saturated carbocycles. The van der Waals surface area contributed by atoms with Gasteiger partial charge in [0.15, 0.2) is 5.65 Å². The normalized spacial score (nSPS) is 11.1. The molecule has 0 unspecified atom stereocenters. The average molecular weight is 321 g/mol. The first-order valence-electron chi connectivity index (χ1n) is 6.87. The molecule has 4 rings (SSSR count). The number of anilines is 1. The van der Waals surface area contributed by atoms with Crippen LogP contribution >= 0.6 is 12.2 Å². The van der Waals surface area contributed by atoms with Gasteiger partial charge in [0.25, 0.3) is 0 Å². The van der Waals surface area contributed by atoms with Crippen LogP contribution < -0.4 is 5.73 Å². The van der Waals surface area contributed by atoms with E-state index in [9.17, 15) is 5.26 Å². The fourth-order valence-corrected chi connectivity index (χ4v) is 2.96. The predicted octanol–water partition coefficient (Wildman–Crippen LogP) is 2.49. The van der Waals surface area contributed by atoms with Crippen LogP contribution in [0.25, 0.3) is 22.2 Å². The Balaban J connectivity index is 2.29. The molecule has 1 aromatic carbocycles. The van der Waals surface area contributed by atoms with Crippen molar-refractivity contribution >= 4 is 34.6 Å². The molecule has 112 valence electrons. The summed E-state index contributed by atoms with van der Waals surface area (Å²) in [6.07, 6.45) is 0. The lowest BCUT2D eigenvalue weighted by Crippen LogP contribution is -2.05. The second kappa shape index (κ2) is 4.66. The van der Waals surface area contributed by atoms with Crippen molar-refractivity contribution in [3.63, 3.8) is 0 Å². The van der Waals surface area contributed by atoms with E-state index in [-0.39, 0.29) is 5.82 Å². The van der Waals surface area contributed by atoms with Crippen molar-refractivity contribution in [2.75, 3.05) is 5.73 Å². The summed E-state index contributed by atoms with van der Waals surface area (Å²) in [5, 5.41) is 17.8. The molecule has 0 fully saturated rings. The SMILES string of the molecule is Cc1nn(-c2ccccc2)c2c(C#N)c(N)n3[nH]c(=S)nc3c12. The Morgan fingerprint density at radius 2 is 2.04 bits per heavy atom. The Hall–Kier alpha value is -3.18. The predicted molar refractivity (Wildman–Crippen MR) is 88.9 cm³/mol. The Kier molecular flexibility index (Phi) is 2.73. The Labute approximate surface area is 135 Å². The number of aromatic amines is 1. The molecule has 7 nitrogen and oxygen atoms in total. The third-order valence-electron chi connectivity index (χ3n) is 3.76. The molecule has 8 heteroatoms. The third-order valence-corrected chi connectivity index (χ3v) is 3.94. The van der Waals surface area contributed by atoms with Gasteiger partial charge in [-0.3, -0.25) is 5.10 Å². The molecule has 3 N–H and O–H groups in total. The van der Waals surface area contributed by atoms with E-state index >= 15 is 0 Å². The number of H-pyrrole nitrogens is 1. The van der Waals surface area contributed by atoms with Crippen molar-refractivity contribution in [2.45, 2.75) is 6.92 Å². The zero-order valence-electron chi connectivity index (χ0n) is 12.1. The number of para-hydroxylation sites is 1. The van der Waals surface area contributed by atoms with Crippen LogP contribution in [0.3, 0.4) is 0 Å². The van der Waals surface area contributed by atoms with Crippen molar-refractivity contribution in [1.29, 1.82) is 5.26 Å². The van der Waals surface area contributed by atoms with Crippen LogP contribution in [0.2, 0.25) is 0 Å². The van der Waals surface area contributed by atoms with Gasteiger partial charge in [-0.15, -0.1) is 0 Å². The largest absolute Gasteiger partial charge is 0.382 e. The van der Waals surface area contributed by atoms with Crippen LogP contribution in [0.4, 0.5) is 5.82 Å². The molecule has 0 bridgehead atoms. The van der Waals surface area contributed by atoms with Crippen LogP contribution in [0.15, 0.2) is 30.3 Å². The number of nitrogens with zero attached hydrogens (tertiary/aromatic N) is 5. The number of aryl methyl sites for hydroxylation is 1. The van der Waals surface area contributed by atoms with Crippen LogP contribution in [0, 0.1) is 23.0 Å². The number of nitrogens with two attached hydrogens (primary N) is 1. The number of hydrogen-bond acceptors (Lipinski definition) is 5. The van der Waals surface area contributed by atoms with Crippen LogP contribution in [0.1, 0.15) is 11.3 Å². The van der Waals surface area contributed by atoms with Gasteiger partial charge in [-0.05, 0) is 31.3 Å². The van der Waals surface area contributed by atoms with Crippen molar-refractivity contribution in [3.8, 4) is 11.8 Å². The zero-order valence-corrected chi connectivity index (χ0v) is 12.9. The van der Waals surface area contributed by atoms with E-state index < -0.39 is 0 Å². The van der Waals surface area contributed by atoms with Gasteiger partial charge >= 0.3 is 0 Å². The van der Waals surface area contributed by atoms with Crippen molar-refractivity contribution < 1.29 is 0 Å². The molecule has 4 aromatic rings. The van der Waals surface area contributed by atoms with Gasteiger partial charge in [0, 0.05) is 0 Å². The molecule has 23 heavy (non-hydrogen) atoms. The van der Waals surface area contributed by atoms with Crippen LogP contribution in [0.5, 0.6) is 0 Å². The molecule has 0 spiro atoms. The van der Waals surface area contributed by atoms with Crippen molar-refractivity contribution in [3.05, 3.63) is 46.4 Å². The standard InChI is InChI=1S/C15H11N7S/c1-8-11-12(21(19-8)9-5-3-2-4-6-9)10(7-16)13(17)22-14(11)18-15(23)20-22/h2-6H,17H2,1H3,(H,20,23). The lowest BCUT2D eigenvalue weighted by molar-refractivity contribution is 0.887. The fraction of sp³-hybridized carbons (Fsp3) is 0.0667. The first kappa shape index (κ1) is 13.5. The summed E-state index contributed by atoms with van der Waals surface area (Å²) in [7, 11) is 0. The Bertz CT molecular complexity index is 1160. The van der Waals surface area contributed by atoms with Gasteiger partial charge in [0.1, 0.15) is 17.5 Å². The second-order valence-corrected chi connectivity index (χ2v) is 5.50. The summed E-state index contributed by atoms with van der Waals surface area (Å²) in [5.74, 6) is 0.260. The number of pyridine rings is 1. The quantitative estimate of drug-likeness (QED) is 0.525. The Morgan fingerprint density at radius 3 is 2.74 bits per heavy atom. The number of nitrogen functional groups attached to an aromatic ring is 1. The molecular weight excluding hydrogens is 310 g/mol. The number of benzene rings is 1. The molecular formula is C15H11N7S. The Morgan fingerprint density at radius 1 is 1.30 bits per heavy atom. The minimum absolute atomic E-state index is 0.260. The summed E-state index contributed by atoms with van der Waals surface area (Å²) in [4.78, 5) is 4.32. The van der Waals surface area contributed by atoms with Gasteiger partial charge in [0.05, 0.1) is 22.3 Å². The van der Waals surface area contributed by atoms with Gasteiger partial charge < -0.3 is 5.73 Å². The first-order chi connectivity index (χ1) is 11.1. The highest BCUT2D eigenvalue weighted by molar-refractivity contribution is 7.71. The molecule has 0 aliphatic heterocycles. The first-order valence-corrected chi connectivity index (χ1v) is 7.27. The van der Waals surface area contributed by atoms with E-state index in [0.717, 1.165) is 16.8 Å². The van der Waals surface area contributed by atoms with Crippen molar-refractivity contribution in [2.24, 2.45) is 0 Å². The minimum atomic E-state index is 0.260. The van der Waals surface area contributed by atoms with E-state index in [0.29, 0.717) is 21.5 Å². The maximum absolute atomic E-state index is 9.62. The lowest BCUT2D eigenvalue weighted by Gasteiger charge is -2.07. The molecule has 0 radical (unpaired) electrons. The summed E-state index contributed by atoms with van der Waals surface area (Å²) in [5.41, 5.74) is 9.28. The smallest absolute Gasteiger partial charge is 0.214 e. The molecule has 3 aromatic heterocycles. The van der Waals surface area contributed by atoms with E-state index in [1.165, 1.54) is 4.52 Å². The monoisotopic (exact) mass is 321 g/mol. The van der Waals surface area contributed by atoms with Gasteiger partial charge in [-0.2, -0.15) is 15.3 Å². The van der Waals surface area contributed by atoms with Crippen molar-refractivity contribution in [1.82, 2.24) is 24.4 Å². The van der Waals surface area contributed by atoms with E-state index in [1.807, 2.05) is 37.3 Å². The fourth-order valence-electron chi connectivity index (χ4n) is 2.79. The second-order valence-electron chi connectivity index (χ2n) is 5.12. The third kappa shape index (κ3) is 1.77. The summed E-state index contributed by atoms with van der Waals surface area (Å²) in [6, 6.07) is 11.8. The highest BCUT2D eigenvalue weighted by Crippen LogP contribution is 2.31. The van der Waals surface area contributed by atoms with Crippen LogP contribution in [-0.4, -0.2) is 24.4 Å². The molecule has 0 saturated heterocycles. The van der Waals surface area contributed by atoms with E-state index in [1.54, 1.807) is 4.68 Å². The number of nitrogens with one attached hydrogen (secondary N) is 1. The minimum Gasteiger partial charge on any atom is -0.382 e. The number of fused-ring (bicyclic) bond motifs is 3. The number of rotatable bonds is 1. The molecule has 3 heterocycles. The topological polar surface area (TPSA) is 101 Å². The molecule has 0 atom stereocenters. The number of hydrogen-bond donors (Lipinski definition) is 2. The average Bonchev–Trinajstić information content (AvgIpc) is 3.09. The molecule has 0 amide bonds. The van der Waals surface area contributed by atoms with Crippen LogP contribution in [-0.2, 0) is 0 Å². The summed E-state index contributed by atoms with van der Waals surface area (Å²) >= 11 is 5.11. The van der Waals surface area contributed by atoms with E-state index in [4.69, 9.17) is 18.0 Å². The summed E-state index contributed by atoms with van der Waals surface area (Å²) < 4.78 is 3.56. The number of nitriles is 1. The van der Waals surface area contributed by atoms with Gasteiger partial charge in [0.2, 0.25) is 4.77 Å².